The van der Waals surface area contributed by atoms with E-state index in [1.54, 1.807) is 7.11 Å². The Morgan fingerprint density at radius 1 is 1.00 bits per heavy atom. The van der Waals surface area contributed by atoms with Gasteiger partial charge in [0, 0.05) is 16.3 Å². The van der Waals surface area contributed by atoms with Gasteiger partial charge in [0.2, 0.25) is 0 Å². The van der Waals surface area contributed by atoms with Crippen LogP contribution in [0.15, 0.2) is 47.4 Å². The van der Waals surface area contributed by atoms with Gasteiger partial charge in [-0.25, -0.2) is 0 Å². The smallest absolute Gasteiger partial charge is 0.119 e. The molecule has 0 aliphatic rings. The highest BCUT2D eigenvalue weighted by molar-refractivity contribution is 7.80. The standard InChI is InChI=1S/C14H15NOS/c1-10-9-12(5-8-14(10)17)15-11-3-6-13(16-2)7-4-11/h3-9,15,17H,1-2H3. The van der Waals surface area contributed by atoms with Crippen molar-refractivity contribution in [2.75, 3.05) is 12.4 Å². The number of nitrogens with one attached hydrogen (secondary N) is 1. The van der Waals surface area contributed by atoms with Crippen LogP contribution in [0.25, 0.3) is 0 Å². The van der Waals surface area contributed by atoms with Crippen LogP contribution in [0.1, 0.15) is 5.56 Å². The van der Waals surface area contributed by atoms with Crippen LogP contribution in [0.5, 0.6) is 5.75 Å². The molecular formula is C14H15NOS. The average molecular weight is 245 g/mol. The molecule has 0 heterocycles. The van der Waals surface area contributed by atoms with Gasteiger partial charge in [0.25, 0.3) is 0 Å². The van der Waals surface area contributed by atoms with Gasteiger partial charge >= 0.3 is 0 Å². The molecular weight excluding hydrogens is 230 g/mol. The second kappa shape index (κ2) is 5.15. The lowest BCUT2D eigenvalue weighted by Crippen LogP contribution is -1.91. The molecule has 0 aromatic heterocycles. The van der Waals surface area contributed by atoms with Crippen LogP contribution in [-0.2, 0) is 0 Å². The Kier molecular flexibility index (Phi) is 3.59. The maximum atomic E-state index is 5.12. The summed E-state index contributed by atoms with van der Waals surface area (Å²) in [7, 11) is 1.66. The Balaban J connectivity index is 2.16. The Hall–Kier alpha value is -1.61. The van der Waals surface area contributed by atoms with Crippen LogP contribution in [0.4, 0.5) is 11.4 Å². The van der Waals surface area contributed by atoms with Crippen molar-refractivity contribution < 1.29 is 4.74 Å². The summed E-state index contributed by atoms with van der Waals surface area (Å²) in [4.78, 5) is 1.00. The molecule has 0 atom stereocenters. The first-order valence-corrected chi connectivity index (χ1v) is 5.84. The summed E-state index contributed by atoms with van der Waals surface area (Å²) in [6.45, 7) is 2.04. The quantitative estimate of drug-likeness (QED) is 0.796. The van der Waals surface area contributed by atoms with Gasteiger partial charge < -0.3 is 10.1 Å². The first-order valence-electron chi connectivity index (χ1n) is 5.40. The predicted molar refractivity (Wildman–Crippen MR) is 74.7 cm³/mol. The van der Waals surface area contributed by atoms with Gasteiger partial charge in [-0.15, -0.1) is 12.6 Å². The van der Waals surface area contributed by atoms with Gasteiger partial charge in [-0.05, 0) is 55.0 Å². The molecule has 0 amide bonds. The molecule has 2 aromatic rings. The molecule has 0 aliphatic carbocycles. The fourth-order valence-electron chi connectivity index (χ4n) is 1.57. The van der Waals surface area contributed by atoms with Crippen molar-refractivity contribution in [1.82, 2.24) is 0 Å². The number of hydrogen-bond donors (Lipinski definition) is 2. The minimum atomic E-state index is 0.859. The molecule has 3 heteroatoms. The predicted octanol–water partition coefficient (Wildman–Crippen LogP) is 4.04. The summed E-state index contributed by atoms with van der Waals surface area (Å²) in [6.07, 6.45) is 0. The summed E-state index contributed by atoms with van der Waals surface area (Å²) in [6, 6.07) is 13.9. The molecule has 0 bridgehead atoms. The highest BCUT2D eigenvalue weighted by atomic mass is 32.1. The van der Waals surface area contributed by atoms with Crippen molar-refractivity contribution in [1.29, 1.82) is 0 Å². The maximum Gasteiger partial charge on any atom is 0.119 e. The van der Waals surface area contributed by atoms with Crippen LogP contribution in [0, 0.1) is 6.92 Å². The van der Waals surface area contributed by atoms with Crippen molar-refractivity contribution in [2.45, 2.75) is 11.8 Å². The zero-order chi connectivity index (χ0) is 12.3. The third kappa shape index (κ3) is 2.94. The Morgan fingerprint density at radius 3 is 2.24 bits per heavy atom. The van der Waals surface area contributed by atoms with E-state index in [0.717, 1.165) is 27.6 Å². The normalized spacial score (nSPS) is 10.1. The number of thiol groups is 1. The summed E-state index contributed by atoms with van der Waals surface area (Å²) >= 11 is 4.35. The zero-order valence-electron chi connectivity index (χ0n) is 9.90. The molecule has 2 nitrogen and oxygen atoms in total. The van der Waals surface area contributed by atoms with Crippen molar-refractivity contribution in [3.05, 3.63) is 48.0 Å². The number of methoxy groups -OCH3 is 1. The molecule has 0 aliphatic heterocycles. The van der Waals surface area contributed by atoms with Gasteiger partial charge in [0.15, 0.2) is 0 Å². The molecule has 1 N–H and O–H groups in total. The summed E-state index contributed by atoms with van der Waals surface area (Å²) in [5.41, 5.74) is 3.26. The third-order valence-corrected chi connectivity index (χ3v) is 3.08. The lowest BCUT2D eigenvalue weighted by atomic mass is 10.2. The fraction of sp³-hybridized carbons (Fsp3) is 0.143. The van der Waals surface area contributed by atoms with Crippen molar-refractivity contribution in [3.8, 4) is 5.75 Å². The first-order chi connectivity index (χ1) is 8.19. The van der Waals surface area contributed by atoms with E-state index in [1.807, 2.05) is 43.3 Å². The van der Waals surface area contributed by atoms with Crippen molar-refractivity contribution >= 4 is 24.0 Å². The van der Waals surface area contributed by atoms with E-state index in [2.05, 4.69) is 24.0 Å². The third-order valence-electron chi connectivity index (χ3n) is 2.58. The van der Waals surface area contributed by atoms with Crippen molar-refractivity contribution in [3.63, 3.8) is 0 Å². The minimum Gasteiger partial charge on any atom is -0.497 e. The van der Waals surface area contributed by atoms with Gasteiger partial charge in [-0.1, -0.05) is 0 Å². The van der Waals surface area contributed by atoms with E-state index in [-0.39, 0.29) is 0 Å². The minimum absolute atomic E-state index is 0.859. The van der Waals surface area contributed by atoms with Crippen LogP contribution in [0.3, 0.4) is 0 Å². The second-order valence-corrected chi connectivity index (χ2v) is 4.34. The summed E-state index contributed by atoms with van der Waals surface area (Å²) < 4.78 is 5.12. The van der Waals surface area contributed by atoms with Crippen LogP contribution >= 0.6 is 12.6 Å². The lowest BCUT2D eigenvalue weighted by Gasteiger charge is -2.09. The SMILES string of the molecule is COc1ccc(Nc2ccc(S)c(C)c2)cc1. The molecule has 0 saturated carbocycles. The van der Waals surface area contributed by atoms with E-state index in [9.17, 15) is 0 Å². The Morgan fingerprint density at radius 2 is 1.65 bits per heavy atom. The van der Waals surface area contributed by atoms with Gasteiger partial charge in [-0.2, -0.15) is 0 Å². The fourth-order valence-corrected chi connectivity index (χ4v) is 1.71. The maximum absolute atomic E-state index is 5.12. The zero-order valence-corrected chi connectivity index (χ0v) is 10.8. The molecule has 0 radical (unpaired) electrons. The van der Waals surface area contributed by atoms with Gasteiger partial charge in [0.1, 0.15) is 5.75 Å². The molecule has 0 unspecified atom stereocenters. The molecule has 0 spiro atoms. The van der Waals surface area contributed by atoms with E-state index >= 15 is 0 Å². The van der Waals surface area contributed by atoms with Gasteiger partial charge in [-0.3, -0.25) is 0 Å². The lowest BCUT2D eigenvalue weighted by molar-refractivity contribution is 0.415. The monoisotopic (exact) mass is 245 g/mol. The van der Waals surface area contributed by atoms with Crippen LogP contribution < -0.4 is 10.1 Å². The highest BCUT2D eigenvalue weighted by Gasteiger charge is 1.98. The number of anilines is 2. The largest absolute Gasteiger partial charge is 0.497 e. The molecule has 2 rings (SSSR count). The Bertz CT molecular complexity index is 508. The average Bonchev–Trinajstić information content (AvgIpc) is 2.35. The van der Waals surface area contributed by atoms with E-state index in [1.165, 1.54) is 0 Å². The summed E-state index contributed by atoms with van der Waals surface area (Å²) in [5, 5.41) is 3.33. The molecule has 17 heavy (non-hydrogen) atoms. The second-order valence-electron chi connectivity index (χ2n) is 3.85. The topological polar surface area (TPSA) is 21.3 Å². The van der Waals surface area contributed by atoms with Crippen molar-refractivity contribution in [2.24, 2.45) is 0 Å². The van der Waals surface area contributed by atoms with E-state index in [0.29, 0.717) is 0 Å². The van der Waals surface area contributed by atoms with Crippen LogP contribution in [-0.4, -0.2) is 7.11 Å². The first kappa shape index (κ1) is 11.9. The molecule has 88 valence electrons. The van der Waals surface area contributed by atoms with E-state index in [4.69, 9.17) is 4.74 Å². The highest BCUT2D eigenvalue weighted by Crippen LogP contribution is 2.23. The number of ether oxygens (including phenoxy) is 1. The summed E-state index contributed by atoms with van der Waals surface area (Å²) in [5.74, 6) is 0.859. The van der Waals surface area contributed by atoms with E-state index < -0.39 is 0 Å². The van der Waals surface area contributed by atoms with Crippen LogP contribution in [0.2, 0.25) is 0 Å². The molecule has 0 saturated heterocycles. The number of rotatable bonds is 3. The molecule has 0 fully saturated rings. The number of aryl methyl sites for hydroxylation is 1. The Labute approximate surface area is 107 Å². The van der Waals surface area contributed by atoms with Gasteiger partial charge in [0.05, 0.1) is 7.11 Å². The molecule has 2 aromatic carbocycles. The number of hydrogen-bond acceptors (Lipinski definition) is 3. The number of benzene rings is 2.